The second-order valence-electron chi connectivity index (χ2n) is 9.85. The van der Waals surface area contributed by atoms with Crippen molar-refractivity contribution in [1.29, 1.82) is 0 Å². The molecule has 1 amide bonds. The third kappa shape index (κ3) is 6.42. The zero-order valence-corrected chi connectivity index (χ0v) is 24.9. The topological polar surface area (TPSA) is 54.7 Å². The van der Waals surface area contributed by atoms with Gasteiger partial charge in [0.25, 0.3) is 5.91 Å². The minimum atomic E-state index is -0.347. The Balaban J connectivity index is 1.57. The first-order valence-corrected chi connectivity index (χ1v) is 15.7. The van der Waals surface area contributed by atoms with E-state index < -0.39 is 0 Å². The number of carbonyl (C=O) groups is 1. The van der Waals surface area contributed by atoms with Gasteiger partial charge in [-0.2, -0.15) is 0 Å². The normalized spacial score (nSPS) is 11.9. The molecule has 0 spiro atoms. The molecule has 0 saturated heterocycles. The molecule has 216 valence electrons. The number of fused-ring (bicyclic) bond motifs is 1. The number of amides is 1. The molecule has 0 bridgehead atoms. The summed E-state index contributed by atoms with van der Waals surface area (Å²) in [7, 11) is 1.43. The van der Waals surface area contributed by atoms with Gasteiger partial charge in [-0.25, -0.2) is 4.39 Å². The van der Waals surface area contributed by atoms with Gasteiger partial charge < -0.3 is 18.8 Å². The molecular formula is C35H35FN2O3S. The molecule has 0 fully saturated rings. The van der Waals surface area contributed by atoms with E-state index in [1.54, 1.807) is 19.2 Å². The standard InChI is InChI=1S/C35H35FN2O3S/c1-4-42(3)38(21-11-12-22-40-28-15-9-6-10-16-28)31-24-32-30(23-29(31)25-13-7-5-8-14-25)33(35(39)37-2)34(41-32)26-17-19-27(36)20-18-26/h4-10,13-20,23-24H,11-12,21-22H2,1-3H3,(H,37,39). The van der Waals surface area contributed by atoms with Crippen LogP contribution in [-0.4, -0.2) is 37.7 Å². The minimum Gasteiger partial charge on any atom is -0.494 e. The van der Waals surface area contributed by atoms with Gasteiger partial charge in [-0.15, -0.1) is 10.7 Å². The number of nitrogens with zero attached hydrogens (tertiary/aromatic N) is 1. The van der Waals surface area contributed by atoms with Crippen LogP contribution in [0.25, 0.3) is 33.4 Å². The van der Waals surface area contributed by atoms with Gasteiger partial charge in [0, 0.05) is 36.2 Å². The van der Waals surface area contributed by atoms with Crippen LogP contribution in [0.2, 0.25) is 0 Å². The second kappa shape index (κ2) is 13.5. The van der Waals surface area contributed by atoms with Crippen molar-refractivity contribution in [3.05, 3.63) is 108 Å². The molecule has 5 nitrogen and oxygen atoms in total. The molecule has 0 saturated carbocycles. The van der Waals surface area contributed by atoms with E-state index in [1.165, 1.54) is 12.1 Å². The van der Waals surface area contributed by atoms with E-state index in [4.69, 9.17) is 9.15 Å². The summed E-state index contributed by atoms with van der Waals surface area (Å²) in [5.41, 5.74) is 4.78. The predicted molar refractivity (Wildman–Crippen MR) is 174 cm³/mol. The highest BCUT2D eigenvalue weighted by atomic mass is 32.2. The Hall–Kier alpha value is -4.36. The van der Waals surface area contributed by atoms with E-state index in [1.807, 2.05) is 54.6 Å². The first-order chi connectivity index (χ1) is 20.5. The number of ether oxygens (including phenoxy) is 1. The highest BCUT2D eigenvalue weighted by molar-refractivity contribution is 8.15. The van der Waals surface area contributed by atoms with Gasteiger partial charge in [-0.3, -0.25) is 4.79 Å². The molecule has 0 aliphatic carbocycles. The lowest BCUT2D eigenvalue weighted by Gasteiger charge is -2.29. The second-order valence-corrected chi connectivity index (χ2v) is 11.8. The molecule has 42 heavy (non-hydrogen) atoms. The van der Waals surface area contributed by atoms with Crippen molar-refractivity contribution in [3.8, 4) is 28.2 Å². The molecule has 4 aromatic carbocycles. The van der Waals surface area contributed by atoms with Crippen molar-refractivity contribution in [1.82, 2.24) is 5.32 Å². The van der Waals surface area contributed by atoms with Gasteiger partial charge >= 0.3 is 0 Å². The molecule has 5 rings (SSSR count). The first kappa shape index (κ1) is 29.1. The third-order valence-corrected chi connectivity index (χ3v) is 8.93. The van der Waals surface area contributed by atoms with E-state index in [-0.39, 0.29) is 22.4 Å². The lowest BCUT2D eigenvalue weighted by atomic mass is 9.98. The maximum atomic E-state index is 13.7. The van der Waals surface area contributed by atoms with Crippen LogP contribution >= 0.6 is 10.7 Å². The van der Waals surface area contributed by atoms with Crippen molar-refractivity contribution in [2.75, 3.05) is 30.8 Å². The largest absolute Gasteiger partial charge is 0.494 e. The molecule has 1 aromatic heterocycles. The predicted octanol–water partition coefficient (Wildman–Crippen LogP) is 8.57. The highest BCUT2D eigenvalue weighted by Gasteiger charge is 2.25. The number of hydrogen-bond acceptors (Lipinski definition) is 4. The van der Waals surface area contributed by atoms with Crippen molar-refractivity contribution >= 4 is 38.6 Å². The number of anilines is 1. The van der Waals surface area contributed by atoms with Gasteiger partial charge in [0.1, 0.15) is 22.9 Å². The van der Waals surface area contributed by atoms with E-state index in [9.17, 15) is 9.18 Å². The van der Waals surface area contributed by atoms with Crippen LogP contribution in [-0.2, 0) is 0 Å². The summed E-state index contributed by atoms with van der Waals surface area (Å²) >= 11 is 0. The molecule has 7 heteroatoms. The molecule has 1 unspecified atom stereocenters. The summed E-state index contributed by atoms with van der Waals surface area (Å²) in [6.45, 7) is 3.55. The van der Waals surface area contributed by atoms with E-state index in [0.717, 1.165) is 42.0 Å². The number of unbranched alkanes of at least 4 members (excludes halogenated alkanes) is 1. The maximum Gasteiger partial charge on any atom is 0.255 e. The van der Waals surface area contributed by atoms with Crippen molar-refractivity contribution in [2.45, 2.75) is 19.8 Å². The van der Waals surface area contributed by atoms with Gasteiger partial charge in [-0.1, -0.05) is 48.5 Å². The summed E-state index contributed by atoms with van der Waals surface area (Å²) in [6, 6.07) is 30.2. The SMILES string of the molecule is CC=S(C)N(CCCCOc1ccccc1)c1cc2oc(-c3ccc(F)cc3)c(C(=O)NC)c2cc1-c1ccccc1. The highest BCUT2D eigenvalue weighted by Crippen LogP contribution is 2.43. The molecule has 1 N–H and O–H groups in total. The number of furan rings is 1. The lowest BCUT2D eigenvalue weighted by Crippen LogP contribution is -2.20. The van der Waals surface area contributed by atoms with Crippen molar-refractivity contribution in [3.63, 3.8) is 0 Å². The molecule has 1 atom stereocenters. The van der Waals surface area contributed by atoms with Crippen molar-refractivity contribution < 1.29 is 18.3 Å². The summed E-state index contributed by atoms with van der Waals surface area (Å²) in [5, 5.41) is 5.68. The Bertz CT molecular complexity index is 1680. The average molecular weight is 583 g/mol. The Kier molecular flexibility index (Phi) is 9.39. The number of rotatable bonds is 11. The number of nitrogens with one attached hydrogen (secondary N) is 1. The third-order valence-electron chi connectivity index (χ3n) is 7.18. The summed E-state index contributed by atoms with van der Waals surface area (Å²) < 4.78 is 28.5. The Morgan fingerprint density at radius 2 is 1.64 bits per heavy atom. The quantitative estimate of drug-likeness (QED) is 0.125. The summed E-state index contributed by atoms with van der Waals surface area (Å²) in [6.07, 6.45) is 4.06. The number of para-hydroxylation sites is 1. The lowest BCUT2D eigenvalue weighted by molar-refractivity contribution is 0.0964. The smallest absolute Gasteiger partial charge is 0.255 e. The fraction of sp³-hybridized carbons (Fsp3) is 0.200. The van der Waals surface area contributed by atoms with Crippen LogP contribution in [0.3, 0.4) is 0 Å². The van der Waals surface area contributed by atoms with Crippen LogP contribution in [0.15, 0.2) is 101 Å². The van der Waals surface area contributed by atoms with Crippen LogP contribution in [0, 0.1) is 5.82 Å². The molecule has 0 aliphatic rings. The fourth-order valence-electron chi connectivity index (χ4n) is 4.95. The van der Waals surface area contributed by atoms with Crippen LogP contribution in [0.1, 0.15) is 30.1 Å². The summed E-state index contributed by atoms with van der Waals surface area (Å²) in [4.78, 5) is 13.2. The van der Waals surface area contributed by atoms with Gasteiger partial charge in [-0.05, 0) is 79.4 Å². The minimum absolute atomic E-state index is 0.177. The molecule has 0 aliphatic heterocycles. The summed E-state index contributed by atoms with van der Waals surface area (Å²) in [5.74, 6) is 0.695. The van der Waals surface area contributed by atoms with Crippen molar-refractivity contribution in [2.24, 2.45) is 0 Å². The molecular weight excluding hydrogens is 547 g/mol. The maximum absolute atomic E-state index is 13.7. The molecule has 5 aromatic rings. The fourth-order valence-corrected chi connectivity index (χ4v) is 6.09. The van der Waals surface area contributed by atoms with Gasteiger partial charge in [0.2, 0.25) is 0 Å². The van der Waals surface area contributed by atoms with Crippen LogP contribution < -0.4 is 14.4 Å². The van der Waals surface area contributed by atoms with E-state index in [0.29, 0.717) is 34.5 Å². The van der Waals surface area contributed by atoms with E-state index >= 15 is 0 Å². The zero-order valence-electron chi connectivity index (χ0n) is 24.1. The first-order valence-electron chi connectivity index (χ1n) is 14.0. The number of carbonyl (C=O) groups excluding carboxylic acids is 1. The number of benzene rings is 4. The molecule has 1 heterocycles. The van der Waals surface area contributed by atoms with Crippen LogP contribution in [0.4, 0.5) is 10.1 Å². The van der Waals surface area contributed by atoms with Gasteiger partial charge in [0.15, 0.2) is 0 Å². The molecule has 0 radical (unpaired) electrons. The number of hydrogen-bond donors (Lipinski definition) is 1. The van der Waals surface area contributed by atoms with E-state index in [2.05, 4.69) is 46.4 Å². The number of halogens is 1. The Morgan fingerprint density at radius 3 is 2.31 bits per heavy atom. The average Bonchev–Trinajstić information content (AvgIpc) is 3.41. The zero-order chi connectivity index (χ0) is 29.5. The monoisotopic (exact) mass is 582 g/mol. The van der Waals surface area contributed by atoms with Gasteiger partial charge in [0.05, 0.1) is 17.9 Å². The Labute approximate surface area is 249 Å². The Morgan fingerprint density at radius 1 is 0.952 bits per heavy atom. The van der Waals surface area contributed by atoms with Crippen LogP contribution in [0.5, 0.6) is 5.75 Å².